The first-order valence-corrected chi connectivity index (χ1v) is 12.3. The number of esters is 2. The maximum atomic E-state index is 13.7. The Bertz CT molecular complexity index is 1580. The lowest BCUT2D eigenvalue weighted by Gasteiger charge is -2.25. The molecule has 0 fully saturated rings. The molecule has 0 bridgehead atoms. The topological polar surface area (TPSA) is 105 Å². The maximum Gasteiger partial charge on any atom is 0.338 e. The molecule has 2 aromatic carbocycles. The minimum atomic E-state index is -0.787. The van der Waals surface area contributed by atoms with Crippen LogP contribution < -0.4 is 29.1 Å². The summed E-state index contributed by atoms with van der Waals surface area (Å²) >= 11 is 1.20. The van der Waals surface area contributed by atoms with Crippen LogP contribution in [0.25, 0.3) is 6.08 Å². The Labute approximate surface area is 216 Å². The predicted octanol–water partition coefficient (Wildman–Crippen LogP) is 2.74. The summed E-state index contributed by atoms with van der Waals surface area (Å²) < 4.78 is 23.2. The van der Waals surface area contributed by atoms with Gasteiger partial charge in [-0.1, -0.05) is 29.5 Å². The van der Waals surface area contributed by atoms with Crippen molar-refractivity contribution < 1.29 is 28.5 Å². The summed E-state index contributed by atoms with van der Waals surface area (Å²) in [5.74, 6) is 0.366. The smallest absolute Gasteiger partial charge is 0.338 e. The number of fused-ring (bicyclic) bond motifs is 1. The van der Waals surface area contributed by atoms with E-state index in [9.17, 15) is 14.4 Å². The van der Waals surface area contributed by atoms with Crippen molar-refractivity contribution in [1.82, 2.24) is 4.57 Å². The zero-order valence-corrected chi connectivity index (χ0v) is 21.9. The van der Waals surface area contributed by atoms with Gasteiger partial charge < -0.3 is 18.9 Å². The molecule has 4 rings (SSSR count). The van der Waals surface area contributed by atoms with E-state index >= 15 is 0 Å². The van der Waals surface area contributed by atoms with Crippen molar-refractivity contribution in [2.24, 2.45) is 4.99 Å². The van der Waals surface area contributed by atoms with Crippen LogP contribution in [0.2, 0.25) is 0 Å². The largest absolute Gasteiger partial charge is 0.493 e. The Morgan fingerprint density at radius 3 is 2.54 bits per heavy atom. The third-order valence-corrected chi connectivity index (χ3v) is 6.64. The third-order valence-electron chi connectivity index (χ3n) is 5.66. The predicted molar refractivity (Wildman–Crippen MR) is 138 cm³/mol. The number of carbonyl (C=O) groups is 2. The molecule has 0 saturated carbocycles. The summed E-state index contributed by atoms with van der Waals surface area (Å²) in [5.41, 5.74) is 1.72. The number of methoxy groups -OCH3 is 2. The molecule has 10 heteroatoms. The number of carbonyl (C=O) groups excluding carboxylic acids is 2. The summed E-state index contributed by atoms with van der Waals surface area (Å²) in [6.45, 7) is 4.94. The van der Waals surface area contributed by atoms with E-state index in [2.05, 4.69) is 4.99 Å². The van der Waals surface area contributed by atoms with Gasteiger partial charge in [0.05, 0.1) is 42.7 Å². The molecular weight excluding hydrogens is 496 g/mol. The monoisotopic (exact) mass is 522 g/mol. The minimum absolute atomic E-state index is 0.178. The van der Waals surface area contributed by atoms with Gasteiger partial charge in [-0.2, -0.15) is 0 Å². The fourth-order valence-corrected chi connectivity index (χ4v) is 5.16. The van der Waals surface area contributed by atoms with Crippen LogP contribution in [0.5, 0.6) is 17.2 Å². The summed E-state index contributed by atoms with van der Waals surface area (Å²) in [5, 5.41) is 0. The van der Waals surface area contributed by atoms with Crippen LogP contribution in [0.3, 0.4) is 0 Å². The fourth-order valence-electron chi connectivity index (χ4n) is 4.11. The number of nitrogens with zero attached hydrogens (tertiary/aromatic N) is 2. The number of aromatic nitrogens is 1. The first-order chi connectivity index (χ1) is 17.8. The van der Waals surface area contributed by atoms with Gasteiger partial charge >= 0.3 is 11.9 Å². The van der Waals surface area contributed by atoms with Crippen molar-refractivity contribution >= 4 is 29.4 Å². The molecular formula is C27H26N2O7S. The number of allylic oxidation sites excluding steroid dienone is 1. The number of rotatable bonds is 7. The molecule has 0 amide bonds. The van der Waals surface area contributed by atoms with E-state index in [1.165, 1.54) is 37.0 Å². The molecule has 1 aliphatic heterocycles. The molecule has 192 valence electrons. The van der Waals surface area contributed by atoms with Gasteiger partial charge in [0.2, 0.25) is 0 Å². The van der Waals surface area contributed by atoms with E-state index in [1.807, 2.05) is 0 Å². The van der Waals surface area contributed by atoms with Gasteiger partial charge in [0, 0.05) is 6.92 Å². The number of hydrogen-bond donors (Lipinski definition) is 0. The molecule has 1 atom stereocenters. The second-order valence-electron chi connectivity index (χ2n) is 8.08. The molecule has 0 saturated heterocycles. The summed E-state index contributed by atoms with van der Waals surface area (Å²) in [6.07, 6.45) is 1.70. The van der Waals surface area contributed by atoms with Crippen molar-refractivity contribution in [3.63, 3.8) is 0 Å². The molecule has 0 N–H and O–H groups in total. The van der Waals surface area contributed by atoms with Gasteiger partial charge in [0.1, 0.15) is 5.75 Å². The number of ether oxygens (including phenoxy) is 4. The van der Waals surface area contributed by atoms with Crippen LogP contribution in [-0.4, -0.2) is 37.3 Å². The second-order valence-corrected chi connectivity index (χ2v) is 9.09. The van der Waals surface area contributed by atoms with Crippen molar-refractivity contribution in [1.29, 1.82) is 0 Å². The lowest BCUT2D eigenvalue weighted by atomic mass is 9.95. The van der Waals surface area contributed by atoms with Gasteiger partial charge in [-0.15, -0.1) is 0 Å². The molecule has 1 aromatic heterocycles. The van der Waals surface area contributed by atoms with E-state index in [-0.39, 0.29) is 17.7 Å². The van der Waals surface area contributed by atoms with E-state index < -0.39 is 18.0 Å². The molecule has 0 radical (unpaired) electrons. The Balaban J connectivity index is 1.93. The quantitative estimate of drug-likeness (QED) is 0.347. The molecule has 37 heavy (non-hydrogen) atoms. The van der Waals surface area contributed by atoms with Crippen LogP contribution >= 0.6 is 11.3 Å². The highest BCUT2D eigenvalue weighted by molar-refractivity contribution is 7.07. The minimum Gasteiger partial charge on any atom is -0.493 e. The van der Waals surface area contributed by atoms with Crippen LogP contribution in [0, 0.1) is 0 Å². The summed E-state index contributed by atoms with van der Waals surface area (Å²) in [4.78, 5) is 43.2. The number of benzene rings is 2. The Hall–Kier alpha value is -4.18. The average Bonchev–Trinajstić information content (AvgIpc) is 3.16. The van der Waals surface area contributed by atoms with E-state index in [4.69, 9.17) is 18.9 Å². The van der Waals surface area contributed by atoms with Gasteiger partial charge in [0.25, 0.3) is 5.56 Å². The molecule has 2 heterocycles. The molecule has 9 nitrogen and oxygen atoms in total. The van der Waals surface area contributed by atoms with Gasteiger partial charge in [-0.3, -0.25) is 14.2 Å². The lowest BCUT2D eigenvalue weighted by molar-refractivity contribution is -0.139. The van der Waals surface area contributed by atoms with Crippen molar-refractivity contribution in [3.8, 4) is 17.2 Å². The molecule has 1 aliphatic rings. The fraction of sp³-hybridized carbons (Fsp3) is 0.259. The molecule has 0 spiro atoms. The van der Waals surface area contributed by atoms with Crippen LogP contribution in [0.15, 0.2) is 63.5 Å². The highest BCUT2D eigenvalue weighted by Crippen LogP contribution is 2.36. The van der Waals surface area contributed by atoms with Gasteiger partial charge in [0.15, 0.2) is 16.3 Å². The number of hydrogen-bond acceptors (Lipinski definition) is 9. The highest BCUT2D eigenvalue weighted by atomic mass is 32.1. The first-order valence-electron chi connectivity index (χ1n) is 11.5. The van der Waals surface area contributed by atoms with Crippen LogP contribution in [-0.2, 0) is 14.3 Å². The summed E-state index contributed by atoms with van der Waals surface area (Å²) in [6, 6.07) is 11.3. The molecule has 3 aromatic rings. The van der Waals surface area contributed by atoms with E-state index in [0.29, 0.717) is 43.4 Å². The third kappa shape index (κ3) is 5.19. The van der Waals surface area contributed by atoms with Crippen molar-refractivity contribution in [2.45, 2.75) is 26.8 Å². The van der Waals surface area contributed by atoms with Gasteiger partial charge in [-0.05, 0) is 55.3 Å². The van der Waals surface area contributed by atoms with Crippen molar-refractivity contribution in [3.05, 3.63) is 84.5 Å². The summed E-state index contributed by atoms with van der Waals surface area (Å²) in [7, 11) is 3.05. The van der Waals surface area contributed by atoms with Crippen molar-refractivity contribution in [2.75, 3.05) is 20.8 Å². The normalized spacial score (nSPS) is 15.1. The van der Waals surface area contributed by atoms with Crippen LogP contribution in [0.1, 0.15) is 37.9 Å². The van der Waals surface area contributed by atoms with E-state index in [0.717, 1.165) is 0 Å². The molecule has 0 aliphatic carbocycles. The zero-order chi connectivity index (χ0) is 26.7. The zero-order valence-electron chi connectivity index (χ0n) is 21.1. The van der Waals surface area contributed by atoms with E-state index in [1.54, 1.807) is 62.4 Å². The SMILES string of the molecule is CCOC(=O)C1=C(C)N=c2s/c(=C\c3cccc(OC(C)=O)c3)c(=O)n2C1c1ccc(OC)c(OC)c1. The first kappa shape index (κ1) is 25.9. The van der Waals surface area contributed by atoms with Crippen LogP contribution in [0.4, 0.5) is 0 Å². The lowest BCUT2D eigenvalue weighted by Crippen LogP contribution is -2.39. The Kier molecular flexibility index (Phi) is 7.58. The maximum absolute atomic E-state index is 13.7. The molecule has 1 unspecified atom stereocenters. The van der Waals surface area contributed by atoms with Gasteiger partial charge in [-0.25, -0.2) is 9.79 Å². The Morgan fingerprint density at radius 2 is 1.86 bits per heavy atom. The standard InChI is InChI=1S/C27H26N2O7S/c1-6-35-26(32)23-15(2)28-27-29(24(23)18-10-11-20(33-4)21(14-18)34-5)25(31)22(37-27)13-17-8-7-9-19(12-17)36-16(3)30/h7-14,24H,6H2,1-5H3/b22-13-. The second kappa shape index (κ2) is 10.8. The highest BCUT2D eigenvalue weighted by Gasteiger charge is 2.33. The Morgan fingerprint density at radius 1 is 1.11 bits per heavy atom. The number of thiazole rings is 1. The average molecular weight is 523 g/mol.